The molecule has 0 saturated heterocycles. The zero-order valence-corrected chi connectivity index (χ0v) is 12.0. The van der Waals surface area contributed by atoms with Crippen molar-refractivity contribution in [2.45, 2.75) is 13.5 Å². The van der Waals surface area contributed by atoms with Crippen LogP contribution in [0.1, 0.15) is 22.8 Å². The van der Waals surface area contributed by atoms with E-state index in [1.165, 1.54) is 22.9 Å². The average molecular weight is 287 g/mol. The predicted molar refractivity (Wildman–Crippen MR) is 78.3 cm³/mol. The highest BCUT2D eigenvalue weighted by Gasteiger charge is 2.09. The van der Waals surface area contributed by atoms with Crippen LogP contribution >= 0.6 is 0 Å². The minimum Gasteiger partial charge on any atom is -0.478 e. The maximum atomic E-state index is 12.1. The van der Waals surface area contributed by atoms with Gasteiger partial charge in [0, 0.05) is 37.6 Å². The summed E-state index contributed by atoms with van der Waals surface area (Å²) in [6.07, 6.45) is 3.15. The summed E-state index contributed by atoms with van der Waals surface area (Å²) in [5, 5.41) is 2.79. The first-order valence-electron chi connectivity index (χ1n) is 6.63. The van der Waals surface area contributed by atoms with Crippen molar-refractivity contribution in [3.05, 3.63) is 58.1 Å². The highest BCUT2D eigenvalue weighted by Crippen LogP contribution is 2.13. The fourth-order valence-corrected chi connectivity index (χ4v) is 1.83. The Balaban J connectivity index is 2.07. The molecule has 0 aliphatic carbocycles. The van der Waals surface area contributed by atoms with Crippen molar-refractivity contribution in [3.63, 3.8) is 0 Å². The summed E-state index contributed by atoms with van der Waals surface area (Å²) >= 11 is 0. The summed E-state index contributed by atoms with van der Waals surface area (Å²) in [5.41, 5.74) is 1.08. The molecule has 0 bridgehead atoms. The number of hydrogen-bond donors (Lipinski definition) is 1. The van der Waals surface area contributed by atoms with Gasteiger partial charge >= 0.3 is 0 Å². The Bertz CT molecular complexity index is 695. The van der Waals surface area contributed by atoms with Crippen molar-refractivity contribution in [2.24, 2.45) is 7.05 Å². The molecule has 2 heterocycles. The van der Waals surface area contributed by atoms with E-state index in [4.69, 9.17) is 4.74 Å². The summed E-state index contributed by atoms with van der Waals surface area (Å²) in [6, 6.07) is 6.50. The van der Waals surface area contributed by atoms with Crippen LogP contribution in [0, 0.1) is 0 Å². The van der Waals surface area contributed by atoms with Crippen LogP contribution < -0.4 is 15.6 Å². The van der Waals surface area contributed by atoms with E-state index < -0.39 is 0 Å². The highest BCUT2D eigenvalue weighted by molar-refractivity contribution is 5.93. The van der Waals surface area contributed by atoms with E-state index in [0.717, 1.165) is 5.56 Å². The third-order valence-corrected chi connectivity index (χ3v) is 2.92. The maximum Gasteiger partial charge on any atom is 0.253 e. The van der Waals surface area contributed by atoms with E-state index in [1.807, 2.05) is 13.0 Å². The summed E-state index contributed by atoms with van der Waals surface area (Å²) in [6.45, 7) is 2.70. The number of hydrogen-bond acceptors (Lipinski definition) is 4. The van der Waals surface area contributed by atoms with Crippen LogP contribution in [0.15, 0.2) is 41.5 Å². The van der Waals surface area contributed by atoms with Crippen LogP contribution in [0.4, 0.5) is 0 Å². The lowest BCUT2D eigenvalue weighted by molar-refractivity contribution is 0.0950. The van der Waals surface area contributed by atoms with E-state index in [9.17, 15) is 9.59 Å². The SMILES string of the molecule is CCOc1ncccc1CNC(=O)c1ccc(=O)n(C)c1. The fraction of sp³-hybridized carbons (Fsp3) is 0.267. The van der Waals surface area contributed by atoms with E-state index in [1.54, 1.807) is 19.3 Å². The predicted octanol–water partition coefficient (Wildman–Crippen LogP) is 1.11. The van der Waals surface area contributed by atoms with Crippen LogP contribution in [0.25, 0.3) is 0 Å². The monoisotopic (exact) mass is 287 g/mol. The number of carbonyl (C=O) groups excluding carboxylic acids is 1. The van der Waals surface area contributed by atoms with E-state index >= 15 is 0 Å². The number of aryl methyl sites for hydroxylation is 1. The molecular weight excluding hydrogens is 270 g/mol. The number of ether oxygens (including phenoxy) is 1. The minimum absolute atomic E-state index is 0.155. The first kappa shape index (κ1) is 14.8. The third-order valence-electron chi connectivity index (χ3n) is 2.92. The van der Waals surface area contributed by atoms with Gasteiger partial charge in [-0.2, -0.15) is 0 Å². The minimum atomic E-state index is -0.253. The van der Waals surface area contributed by atoms with Crippen molar-refractivity contribution >= 4 is 5.91 Å². The zero-order chi connectivity index (χ0) is 15.2. The van der Waals surface area contributed by atoms with Gasteiger partial charge in [-0.1, -0.05) is 6.07 Å². The van der Waals surface area contributed by atoms with Crippen LogP contribution in [0.5, 0.6) is 5.88 Å². The second-order valence-corrected chi connectivity index (χ2v) is 4.45. The molecule has 0 fully saturated rings. The molecule has 1 N–H and O–H groups in total. The largest absolute Gasteiger partial charge is 0.478 e. The Hall–Kier alpha value is -2.63. The summed E-state index contributed by atoms with van der Waals surface area (Å²) < 4.78 is 6.77. The second kappa shape index (κ2) is 6.69. The third kappa shape index (κ3) is 3.68. The lowest BCUT2D eigenvalue weighted by Crippen LogP contribution is -2.25. The molecule has 110 valence electrons. The number of aromatic nitrogens is 2. The Labute approximate surface area is 122 Å². The van der Waals surface area contributed by atoms with Crippen LogP contribution in [0.3, 0.4) is 0 Å². The quantitative estimate of drug-likeness (QED) is 0.894. The Kier molecular flexibility index (Phi) is 4.71. The number of pyridine rings is 2. The normalized spacial score (nSPS) is 10.2. The molecule has 0 saturated carbocycles. The molecule has 2 aromatic rings. The molecule has 6 heteroatoms. The summed E-state index contributed by atoms with van der Waals surface area (Å²) in [4.78, 5) is 27.5. The Morgan fingerprint density at radius 3 is 2.90 bits per heavy atom. The number of rotatable bonds is 5. The molecule has 0 radical (unpaired) electrons. The van der Waals surface area contributed by atoms with Gasteiger partial charge in [-0.3, -0.25) is 9.59 Å². The molecule has 0 aromatic carbocycles. The number of carbonyl (C=O) groups is 1. The highest BCUT2D eigenvalue weighted by atomic mass is 16.5. The smallest absolute Gasteiger partial charge is 0.253 e. The van der Waals surface area contributed by atoms with Gasteiger partial charge in [0.1, 0.15) is 0 Å². The van der Waals surface area contributed by atoms with Gasteiger partial charge in [0.15, 0.2) is 0 Å². The van der Waals surface area contributed by atoms with Gasteiger partial charge in [-0.05, 0) is 19.1 Å². The fourth-order valence-electron chi connectivity index (χ4n) is 1.83. The lowest BCUT2D eigenvalue weighted by Gasteiger charge is -2.10. The Morgan fingerprint density at radius 2 is 2.19 bits per heavy atom. The standard InChI is InChI=1S/C15H17N3O3/c1-3-21-15-11(5-4-8-16-15)9-17-14(20)12-6-7-13(19)18(2)10-12/h4-8,10H,3,9H2,1-2H3,(H,17,20). The topological polar surface area (TPSA) is 73.2 Å². The van der Waals surface area contributed by atoms with Gasteiger partial charge in [0.2, 0.25) is 11.4 Å². The van der Waals surface area contributed by atoms with Gasteiger partial charge < -0.3 is 14.6 Å². The first-order valence-corrected chi connectivity index (χ1v) is 6.63. The molecule has 21 heavy (non-hydrogen) atoms. The van der Waals surface area contributed by atoms with E-state index in [-0.39, 0.29) is 11.5 Å². The second-order valence-electron chi connectivity index (χ2n) is 4.45. The molecular formula is C15H17N3O3. The Morgan fingerprint density at radius 1 is 1.38 bits per heavy atom. The molecule has 0 aliphatic heterocycles. The molecule has 2 aromatic heterocycles. The molecule has 0 spiro atoms. The van der Waals surface area contributed by atoms with Crippen LogP contribution in [0.2, 0.25) is 0 Å². The summed E-state index contributed by atoms with van der Waals surface area (Å²) in [7, 11) is 1.60. The average Bonchev–Trinajstić information content (AvgIpc) is 2.49. The summed E-state index contributed by atoms with van der Waals surface area (Å²) in [5.74, 6) is 0.262. The molecule has 6 nitrogen and oxygen atoms in total. The number of amides is 1. The number of nitrogens with one attached hydrogen (secondary N) is 1. The van der Waals surface area contributed by atoms with Crippen molar-refractivity contribution in [1.82, 2.24) is 14.9 Å². The van der Waals surface area contributed by atoms with Gasteiger partial charge in [0.25, 0.3) is 5.91 Å². The van der Waals surface area contributed by atoms with Gasteiger partial charge in [0.05, 0.1) is 12.2 Å². The van der Waals surface area contributed by atoms with E-state index in [2.05, 4.69) is 10.3 Å². The first-order chi connectivity index (χ1) is 10.1. The van der Waals surface area contributed by atoms with Crippen LogP contribution in [-0.2, 0) is 13.6 Å². The van der Waals surface area contributed by atoms with E-state index in [0.29, 0.717) is 24.6 Å². The zero-order valence-electron chi connectivity index (χ0n) is 12.0. The molecule has 0 aliphatic rings. The van der Waals surface area contributed by atoms with Crippen molar-refractivity contribution in [1.29, 1.82) is 0 Å². The molecule has 0 unspecified atom stereocenters. The molecule has 2 rings (SSSR count). The van der Waals surface area contributed by atoms with Gasteiger partial charge in [-0.25, -0.2) is 4.98 Å². The molecule has 1 amide bonds. The van der Waals surface area contributed by atoms with Crippen molar-refractivity contribution < 1.29 is 9.53 Å². The van der Waals surface area contributed by atoms with Gasteiger partial charge in [-0.15, -0.1) is 0 Å². The molecule has 0 atom stereocenters. The lowest BCUT2D eigenvalue weighted by atomic mass is 10.2. The maximum absolute atomic E-state index is 12.1. The van der Waals surface area contributed by atoms with Crippen molar-refractivity contribution in [3.8, 4) is 5.88 Å². The van der Waals surface area contributed by atoms with Crippen LogP contribution in [-0.4, -0.2) is 22.1 Å². The van der Waals surface area contributed by atoms with Crippen molar-refractivity contribution in [2.75, 3.05) is 6.61 Å². The number of nitrogens with zero attached hydrogens (tertiary/aromatic N) is 2.